The molecule has 0 saturated heterocycles. The summed E-state index contributed by atoms with van der Waals surface area (Å²) in [6.07, 6.45) is 1.69. The number of hydrogen-bond acceptors (Lipinski definition) is 6. The van der Waals surface area contributed by atoms with Crippen LogP contribution < -0.4 is 5.32 Å². The Labute approximate surface area is 135 Å². The number of halogens is 1. The molecular formula is C15H13FN4O2S. The first-order valence-corrected chi connectivity index (χ1v) is 7.76. The van der Waals surface area contributed by atoms with Crippen molar-refractivity contribution in [1.82, 2.24) is 20.4 Å². The molecular weight excluding hydrogens is 319 g/mol. The van der Waals surface area contributed by atoms with Crippen molar-refractivity contribution < 1.29 is 13.7 Å². The van der Waals surface area contributed by atoms with Gasteiger partial charge in [-0.1, -0.05) is 17.3 Å². The first kappa shape index (κ1) is 15.3. The van der Waals surface area contributed by atoms with Gasteiger partial charge in [0, 0.05) is 11.8 Å². The van der Waals surface area contributed by atoms with Crippen molar-refractivity contribution in [3.8, 4) is 0 Å². The molecule has 1 aromatic carbocycles. The van der Waals surface area contributed by atoms with E-state index in [0.717, 1.165) is 10.6 Å². The highest BCUT2D eigenvalue weighted by molar-refractivity contribution is 7.09. The summed E-state index contributed by atoms with van der Waals surface area (Å²) >= 11 is 1.36. The number of nitrogens with one attached hydrogen (secondary N) is 1. The van der Waals surface area contributed by atoms with Crippen LogP contribution in [0.4, 0.5) is 4.39 Å². The molecule has 2 heterocycles. The first-order chi connectivity index (χ1) is 11.1. The van der Waals surface area contributed by atoms with Crippen LogP contribution >= 0.6 is 11.3 Å². The van der Waals surface area contributed by atoms with Crippen LogP contribution in [0.3, 0.4) is 0 Å². The lowest BCUT2D eigenvalue weighted by molar-refractivity contribution is 0.0933. The van der Waals surface area contributed by atoms with Crippen molar-refractivity contribution in [1.29, 1.82) is 0 Å². The van der Waals surface area contributed by atoms with Gasteiger partial charge in [-0.3, -0.25) is 4.79 Å². The van der Waals surface area contributed by atoms with E-state index in [9.17, 15) is 9.18 Å². The number of carbonyl (C=O) groups excluding carboxylic acids is 1. The minimum atomic E-state index is -0.380. The quantitative estimate of drug-likeness (QED) is 0.777. The molecule has 0 spiro atoms. The number of amides is 1. The Kier molecular flexibility index (Phi) is 4.42. The SMILES string of the molecule is C[C@@H](NC(=O)c1csc(Cc2cccc(F)c2)n1)c1ncon1. The van der Waals surface area contributed by atoms with Gasteiger partial charge in [-0.15, -0.1) is 11.3 Å². The third-order valence-electron chi connectivity index (χ3n) is 3.14. The van der Waals surface area contributed by atoms with Crippen LogP contribution in [0.25, 0.3) is 0 Å². The lowest BCUT2D eigenvalue weighted by atomic mass is 10.1. The molecule has 0 aliphatic rings. The smallest absolute Gasteiger partial charge is 0.271 e. The Bertz CT molecular complexity index is 803. The van der Waals surface area contributed by atoms with Gasteiger partial charge >= 0.3 is 0 Å². The number of aromatic nitrogens is 3. The normalized spacial score (nSPS) is 12.1. The maximum Gasteiger partial charge on any atom is 0.271 e. The van der Waals surface area contributed by atoms with Crippen molar-refractivity contribution in [2.45, 2.75) is 19.4 Å². The van der Waals surface area contributed by atoms with E-state index >= 15 is 0 Å². The summed E-state index contributed by atoms with van der Waals surface area (Å²) in [5.74, 6) is -0.205. The number of carbonyl (C=O) groups is 1. The summed E-state index contributed by atoms with van der Waals surface area (Å²) in [6.45, 7) is 1.75. The Hall–Kier alpha value is -2.61. The van der Waals surface area contributed by atoms with Crippen LogP contribution in [0, 0.1) is 5.82 Å². The molecule has 0 saturated carbocycles. The van der Waals surface area contributed by atoms with Crippen molar-refractivity contribution >= 4 is 17.2 Å². The van der Waals surface area contributed by atoms with E-state index in [1.165, 1.54) is 29.9 Å². The van der Waals surface area contributed by atoms with E-state index < -0.39 is 0 Å². The zero-order valence-corrected chi connectivity index (χ0v) is 13.0. The third-order valence-corrected chi connectivity index (χ3v) is 3.99. The predicted octanol–water partition coefficient (Wildman–Crippen LogP) is 2.75. The number of nitrogens with zero attached hydrogens (tertiary/aromatic N) is 3. The van der Waals surface area contributed by atoms with Gasteiger partial charge in [0.15, 0.2) is 5.82 Å². The third kappa shape index (κ3) is 3.78. The zero-order chi connectivity index (χ0) is 16.2. The summed E-state index contributed by atoms with van der Waals surface area (Å²) < 4.78 is 17.8. The predicted molar refractivity (Wildman–Crippen MR) is 81.5 cm³/mol. The van der Waals surface area contributed by atoms with E-state index in [-0.39, 0.29) is 17.8 Å². The van der Waals surface area contributed by atoms with Crippen molar-refractivity contribution in [2.24, 2.45) is 0 Å². The van der Waals surface area contributed by atoms with Crippen LogP contribution in [0.15, 0.2) is 40.6 Å². The van der Waals surface area contributed by atoms with E-state index in [1.54, 1.807) is 18.4 Å². The average Bonchev–Trinajstić information content (AvgIpc) is 3.18. The lowest BCUT2D eigenvalue weighted by Crippen LogP contribution is -2.27. The first-order valence-electron chi connectivity index (χ1n) is 6.88. The maximum absolute atomic E-state index is 13.2. The van der Waals surface area contributed by atoms with Gasteiger partial charge in [0.25, 0.3) is 5.91 Å². The molecule has 3 aromatic rings. The van der Waals surface area contributed by atoms with E-state index in [2.05, 4.69) is 25.0 Å². The maximum atomic E-state index is 13.2. The zero-order valence-electron chi connectivity index (χ0n) is 12.2. The highest BCUT2D eigenvalue weighted by atomic mass is 32.1. The van der Waals surface area contributed by atoms with Gasteiger partial charge in [-0.25, -0.2) is 9.37 Å². The summed E-state index contributed by atoms with van der Waals surface area (Å²) in [6, 6.07) is 5.94. The summed E-state index contributed by atoms with van der Waals surface area (Å²) in [4.78, 5) is 20.3. The second-order valence-corrected chi connectivity index (χ2v) is 5.86. The van der Waals surface area contributed by atoms with Crippen LogP contribution in [0.5, 0.6) is 0 Å². The second-order valence-electron chi connectivity index (χ2n) is 4.92. The van der Waals surface area contributed by atoms with Gasteiger partial charge in [0.05, 0.1) is 11.0 Å². The number of hydrogen-bond donors (Lipinski definition) is 1. The number of rotatable bonds is 5. The monoisotopic (exact) mass is 332 g/mol. The molecule has 6 nitrogen and oxygen atoms in total. The van der Waals surface area contributed by atoms with Crippen LogP contribution in [0.1, 0.15) is 39.8 Å². The molecule has 3 rings (SSSR count). The van der Waals surface area contributed by atoms with E-state index in [1.807, 2.05) is 6.07 Å². The van der Waals surface area contributed by atoms with Crippen molar-refractivity contribution in [3.63, 3.8) is 0 Å². The fourth-order valence-corrected chi connectivity index (χ4v) is 2.83. The molecule has 0 bridgehead atoms. The van der Waals surface area contributed by atoms with E-state index in [4.69, 9.17) is 0 Å². The largest absolute Gasteiger partial charge is 0.343 e. The van der Waals surface area contributed by atoms with E-state index in [0.29, 0.717) is 17.9 Å². The average molecular weight is 332 g/mol. The second kappa shape index (κ2) is 6.66. The molecule has 1 amide bonds. The van der Waals surface area contributed by atoms with Crippen molar-refractivity contribution in [2.75, 3.05) is 0 Å². The van der Waals surface area contributed by atoms with Gasteiger partial charge < -0.3 is 9.84 Å². The molecule has 118 valence electrons. The molecule has 0 fully saturated rings. The highest BCUT2D eigenvalue weighted by Crippen LogP contribution is 2.16. The van der Waals surface area contributed by atoms with Crippen LogP contribution in [-0.4, -0.2) is 21.0 Å². The molecule has 8 heteroatoms. The molecule has 2 aromatic heterocycles. The topological polar surface area (TPSA) is 80.9 Å². The molecule has 1 N–H and O–H groups in total. The van der Waals surface area contributed by atoms with Crippen LogP contribution in [0.2, 0.25) is 0 Å². The highest BCUT2D eigenvalue weighted by Gasteiger charge is 2.17. The number of thiazole rings is 1. The Morgan fingerprint density at radius 3 is 3.09 bits per heavy atom. The summed E-state index contributed by atoms with van der Waals surface area (Å²) in [5, 5.41) is 8.84. The van der Waals surface area contributed by atoms with Crippen molar-refractivity contribution in [3.05, 3.63) is 63.9 Å². The Morgan fingerprint density at radius 1 is 1.48 bits per heavy atom. The molecule has 1 atom stereocenters. The van der Waals surface area contributed by atoms with Gasteiger partial charge in [0.2, 0.25) is 6.39 Å². The molecule has 0 aliphatic carbocycles. The summed E-state index contributed by atoms with van der Waals surface area (Å²) in [5.41, 5.74) is 1.13. The molecule has 0 aliphatic heterocycles. The Morgan fingerprint density at radius 2 is 2.35 bits per heavy atom. The minimum absolute atomic E-state index is 0.286. The number of benzene rings is 1. The van der Waals surface area contributed by atoms with Gasteiger partial charge in [0.1, 0.15) is 11.5 Å². The fraction of sp³-hybridized carbons (Fsp3) is 0.200. The molecule has 23 heavy (non-hydrogen) atoms. The minimum Gasteiger partial charge on any atom is -0.343 e. The van der Waals surface area contributed by atoms with Gasteiger partial charge in [-0.2, -0.15) is 4.98 Å². The fourth-order valence-electron chi connectivity index (χ4n) is 2.02. The summed E-state index contributed by atoms with van der Waals surface area (Å²) in [7, 11) is 0. The molecule has 0 unspecified atom stereocenters. The Balaban J connectivity index is 1.65. The standard InChI is InChI=1S/C15H13FN4O2S/c1-9(14-17-8-22-20-14)18-15(21)12-7-23-13(19-12)6-10-3-2-4-11(16)5-10/h2-5,7-9H,6H2,1H3,(H,18,21)/t9-/m1/s1. The molecule has 0 radical (unpaired) electrons. The van der Waals surface area contributed by atoms with Gasteiger partial charge in [-0.05, 0) is 24.6 Å². The van der Waals surface area contributed by atoms with Crippen LogP contribution in [-0.2, 0) is 6.42 Å². The lowest BCUT2D eigenvalue weighted by Gasteiger charge is -2.07.